The second-order valence-electron chi connectivity index (χ2n) is 10.6. The lowest BCUT2D eigenvalue weighted by Crippen LogP contribution is -2.29. The number of halogens is 2. The van der Waals surface area contributed by atoms with Crippen molar-refractivity contribution in [1.82, 2.24) is 20.1 Å². The molecule has 0 aliphatic heterocycles. The third kappa shape index (κ3) is 8.16. The van der Waals surface area contributed by atoms with Gasteiger partial charge in [-0.05, 0) is 42.3 Å². The molecule has 0 atom stereocenters. The summed E-state index contributed by atoms with van der Waals surface area (Å²) in [6.45, 7) is 8.49. The summed E-state index contributed by atoms with van der Waals surface area (Å²) in [6.07, 6.45) is 2.29. The van der Waals surface area contributed by atoms with E-state index in [4.69, 9.17) is 33.0 Å². The van der Waals surface area contributed by atoms with E-state index in [1.54, 1.807) is 47.1 Å². The van der Waals surface area contributed by atoms with Crippen LogP contribution in [0.15, 0.2) is 60.8 Å². The van der Waals surface area contributed by atoms with E-state index in [9.17, 15) is 14.7 Å². The van der Waals surface area contributed by atoms with Crippen LogP contribution >= 0.6 is 23.2 Å². The van der Waals surface area contributed by atoms with Crippen LogP contribution in [-0.4, -0.2) is 38.5 Å². The SMILES string of the molecule is CCCNC(=O)Nc1cc(Oc2ccc(NC(=O)Nc3cc(C(C)(C)C)nn3-c3ccc(CO)cc3)c(Cl)c2Cl)ccn1. The lowest BCUT2D eigenvalue weighted by atomic mass is 9.92. The van der Waals surface area contributed by atoms with Crippen molar-refractivity contribution in [3.8, 4) is 17.2 Å². The van der Waals surface area contributed by atoms with Gasteiger partial charge in [-0.15, -0.1) is 0 Å². The molecule has 0 aliphatic rings. The highest BCUT2D eigenvalue weighted by Gasteiger charge is 2.22. The highest BCUT2D eigenvalue weighted by molar-refractivity contribution is 6.45. The van der Waals surface area contributed by atoms with Crippen molar-refractivity contribution in [3.63, 3.8) is 0 Å². The van der Waals surface area contributed by atoms with Crippen LogP contribution in [0, 0.1) is 0 Å². The topological polar surface area (TPSA) is 142 Å². The van der Waals surface area contributed by atoms with Gasteiger partial charge < -0.3 is 20.5 Å². The number of carbonyl (C=O) groups excluding carboxylic acids is 2. The van der Waals surface area contributed by atoms with Crippen LogP contribution in [0.3, 0.4) is 0 Å². The maximum Gasteiger partial charge on any atom is 0.324 e. The first kappa shape index (κ1) is 31.6. The number of benzene rings is 2. The number of nitrogens with one attached hydrogen (secondary N) is 4. The van der Waals surface area contributed by atoms with Crippen molar-refractivity contribution in [2.75, 3.05) is 22.5 Å². The number of rotatable bonds is 9. The smallest absolute Gasteiger partial charge is 0.324 e. The number of aliphatic hydroxyl groups excluding tert-OH is 1. The molecule has 0 aliphatic carbocycles. The number of aliphatic hydroxyl groups is 1. The van der Waals surface area contributed by atoms with Crippen LogP contribution in [0.25, 0.3) is 5.69 Å². The van der Waals surface area contributed by atoms with Crippen molar-refractivity contribution >= 4 is 52.6 Å². The maximum absolute atomic E-state index is 13.1. The molecule has 2 heterocycles. The van der Waals surface area contributed by atoms with Gasteiger partial charge in [0.2, 0.25) is 0 Å². The van der Waals surface area contributed by atoms with Gasteiger partial charge >= 0.3 is 12.1 Å². The fourth-order valence-electron chi connectivity index (χ4n) is 3.82. The Morgan fingerprint density at radius 2 is 1.70 bits per heavy atom. The zero-order valence-electron chi connectivity index (χ0n) is 24.2. The van der Waals surface area contributed by atoms with E-state index in [0.29, 0.717) is 29.6 Å². The number of amides is 4. The zero-order chi connectivity index (χ0) is 31.1. The van der Waals surface area contributed by atoms with Crippen LogP contribution < -0.4 is 26.0 Å². The van der Waals surface area contributed by atoms with Gasteiger partial charge in [0, 0.05) is 30.3 Å². The van der Waals surface area contributed by atoms with Crippen molar-refractivity contribution in [2.24, 2.45) is 0 Å². The molecule has 4 rings (SSSR count). The Bertz CT molecular complexity index is 1600. The molecule has 5 N–H and O–H groups in total. The van der Waals surface area contributed by atoms with E-state index in [0.717, 1.165) is 17.7 Å². The molecule has 0 fully saturated rings. The molecule has 0 spiro atoms. The van der Waals surface area contributed by atoms with E-state index in [1.807, 2.05) is 39.8 Å². The molecular formula is C30H33Cl2N7O4. The van der Waals surface area contributed by atoms with Gasteiger partial charge in [0.15, 0.2) is 0 Å². The molecule has 43 heavy (non-hydrogen) atoms. The summed E-state index contributed by atoms with van der Waals surface area (Å²) in [7, 11) is 0. The Labute approximate surface area is 259 Å². The number of ether oxygens (including phenoxy) is 1. The second kappa shape index (κ2) is 13.8. The van der Waals surface area contributed by atoms with Crippen molar-refractivity contribution in [2.45, 2.75) is 46.1 Å². The summed E-state index contributed by atoms with van der Waals surface area (Å²) in [5, 5.41) is 25.1. The van der Waals surface area contributed by atoms with Crippen LogP contribution in [0.1, 0.15) is 45.4 Å². The molecule has 4 aromatic rings. The largest absolute Gasteiger partial charge is 0.456 e. The minimum Gasteiger partial charge on any atom is -0.456 e. The van der Waals surface area contributed by atoms with Gasteiger partial charge in [0.05, 0.1) is 28.7 Å². The lowest BCUT2D eigenvalue weighted by Gasteiger charge is -2.14. The predicted molar refractivity (Wildman–Crippen MR) is 169 cm³/mol. The summed E-state index contributed by atoms with van der Waals surface area (Å²) in [4.78, 5) is 29.1. The summed E-state index contributed by atoms with van der Waals surface area (Å²) in [5.41, 5.74) is 2.22. The van der Waals surface area contributed by atoms with Gasteiger partial charge in [-0.3, -0.25) is 10.6 Å². The molecule has 11 nitrogen and oxygen atoms in total. The van der Waals surface area contributed by atoms with E-state index in [1.165, 1.54) is 6.20 Å². The van der Waals surface area contributed by atoms with Gasteiger partial charge in [-0.2, -0.15) is 5.10 Å². The maximum atomic E-state index is 13.1. The molecule has 0 unspecified atom stereocenters. The summed E-state index contributed by atoms with van der Waals surface area (Å²) < 4.78 is 7.50. The Balaban J connectivity index is 1.49. The predicted octanol–water partition coefficient (Wildman–Crippen LogP) is 7.33. The number of nitrogens with zero attached hydrogens (tertiary/aromatic N) is 3. The normalized spacial score (nSPS) is 11.1. The molecule has 0 saturated heterocycles. The summed E-state index contributed by atoms with van der Waals surface area (Å²) >= 11 is 13.0. The molecule has 0 bridgehead atoms. The van der Waals surface area contributed by atoms with Crippen LogP contribution in [0.2, 0.25) is 10.0 Å². The lowest BCUT2D eigenvalue weighted by molar-refractivity contribution is 0.252. The van der Waals surface area contributed by atoms with Crippen molar-refractivity contribution < 1.29 is 19.4 Å². The second-order valence-corrected chi connectivity index (χ2v) is 11.3. The number of aromatic nitrogens is 3. The number of hydrogen-bond donors (Lipinski definition) is 5. The van der Waals surface area contributed by atoms with E-state index in [2.05, 4.69) is 26.3 Å². The highest BCUT2D eigenvalue weighted by atomic mass is 35.5. The molecule has 226 valence electrons. The average Bonchev–Trinajstić information content (AvgIpc) is 3.40. The van der Waals surface area contributed by atoms with Gasteiger partial charge in [0.25, 0.3) is 0 Å². The zero-order valence-corrected chi connectivity index (χ0v) is 25.7. The van der Waals surface area contributed by atoms with Crippen molar-refractivity contribution in [3.05, 3.63) is 82.1 Å². The van der Waals surface area contributed by atoms with Crippen molar-refractivity contribution in [1.29, 1.82) is 0 Å². The Morgan fingerprint density at radius 1 is 0.953 bits per heavy atom. The third-order valence-electron chi connectivity index (χ3n) is 6.11. The quantitative estimate of drug-likeness (QED) is 0.132. The van der Waals surface area contributed by atoms with Crippen LogP contribution in [0.5, 0.6) is 11.5 Å². The molecule has 0 saturated carbocycles. The first-order valence-electron chi connectivity index (χ1n) is 13.5. The minimum absolute atomic E-state index is 0.0733. The first-order valence-corrected chi connectivity index (χ1v) is 14.3. The van der Waals surface area contributed by atoms with E-state index in [-0.39, 0.29) is 39.5 Å². The molecule has 2 aromatic heterocycles. The number of anilines is 3. The molecular weight excluding hydrogens is 593 g/mol. The number of urea groups is 2. The van der Waals surface area contributed by atoms with E-state index >= 15 is 0 Å². The molecule has 0 radical (unpaired) electrons. The van der Waals surface area contributed by atoms with Crippen LogP contribution in [-0.2, 0) is 12.0 Å². The average molecular weight is 627 g/mol. The van der Waals surface area contributed by atoms with E-state index < -0.39 is 6.03 Å². The number of hydrogen-bond acceptors (Lipinski definition) is 6. The monoisotopic (exact) mass is 625 g/mol. The fraction of sp³-hybridized carbons (Fsp3) is 0.267. The minimum atomic E-state index is -0.563. The van der Waals surface area contributed by atoms with Gasteiger partial charge in [-0.1, -0.05) is 63.0 Å². The Kier molecular flexibility index (Phi) is 10.1. The van der Waals surface area contributed by atoms with Gasteiger partial charge in [0.1, 0.15) is 28.2 Å². The third-order valence-corrected chi connectivity index (χ3v) is 6.98. The number of carbonyl (C=O) groups is 2. The van der Waals surface area contributed by atoms with Crippen LogP contribution in [0.4, 0.5) is 26.9 Å². The van der Waals surface area contributed by atoms with Gasteiger partial charge in [-0.25, -0.2) is 19.3 Å². The summed E-state index contributed by atoms with van der Waals surface area (Å²) in [6, 6.07) is 14.3. The molecule has 13 heteroatoms. The first-order chi connectivity index (χ1) is 20.5. The standard InChI is InChI=1S/C30H33Cl2N7O4/c1-5-13-34-28(41)36-24-15-20(12-14-33-24)43-22-11-10-21(26(31)27(22)32)35-29(42)37-25-16-23(30(2,3)4)38-39(25)19-8-6-18(17-40)7-9-19/h6-12,14-16,40H,5,13,17H2,1-4H3,(H2,35,37,42)(H2,33,34,36,41). The molecule has 4 amide bonds. The fourth-order valence-corrected chi connectivity index (χ4v) is 4.23. The molecule has 2 aromatic carbocycles. The highest BCUT2D eigenvalue weighted by Crippen LogP contribution is 2.40. The Morgan fingerprint density at radius 3 is 2.37 bits per heavy atom. The Hall–Kier alpha value is -4.32. The summed E-state index contributed by atoms with van der Waals surface area (Å²) in [5.74, 6) is 1.34. The number of pyridine rings is 1.